The van der Waals surface area contributed by atoms with Crippen LogP contribution in [0.5, 0.6) is 11.5 Å². The van der Waals surface area contributed by atoms with E-state index in [4.69, 9.17) is 0 Å². The van der Waals surface area contributed by atoms with Crippen LogP contribution >= 0.6 is 0 Å². The van der Waals surface area contributed by atoms with Gasteiger partial charge in [-0.3, -0.25) is 0 Å². The van der Waals surface area contributed by atoms with Gasteiger partial charge in [-0.15, -0.1) is 0 Å². The van der Waals surface area contributed by atoms with Crippen LogP contribution in [0.3, 0.4) is 0 Å². The molecule has 0 aliphatic heterocycles. The SMILES string of the molecule is Cc1cccc(-n2nccc2-c2ccc(O)cc2O)c1. The molecule has 2 N–H and O–H groups in total. The number of hydrogen-bond acceptors (Lipinski definition) is 3. The first kappa shape index (κ1) is 12.3. The monoisotopic (exact) mass is 266 g/mol. The Kier molecular flexibility index (Phi) is 2.91. The molecule has 3 rings (SSSR count). The van der Waals surface area contributed by atoms with Gasteiger partial charge in [-0.2, -0.15) is 5.10 Å². The topological polar surface area (TPSA) is 58.3 Å². The van der Waals surface area contributed by atoms with Crippen molar-refractivity contribution in [2.24, 2.45) is 0 Å². The molecule has 3 aromatic rings. The Labute approximate surface area is 116 Å². The van der Waals surface area contributed by atoms with Crippen LogP contribution in [0.1, 0.15) is 5.56 Å². The van der Waals surface area contributed by atoms with Crippen molar-refractivity contribution in [1.29, 1.82) is 0 Å². The molecule has 4 heteroatoms. The van der Waals surface area contributed by atoms with E-state index in [2.05, 4.69) is 5.10 Å². The lowest BCUT2D eigenvalue weighted by Gasteiger charge is -2.10. The first-order valence-corrected chi connectivity index (χ1v) is 6.28. The molecule has 100 valence electrons. The minimum absolute atomic E-state index is 0.0272. The first-order valence-electron chi connectivity index (χ1n) is 6.28. The van der Waals surface area contributed by atoms with Crippen LogP contribution < -0.4 is 0 Å². The molecule has 0 saturated carbocycles. The van der Waals surface area contributed by atoms with E-state index in [0.29, 0.717) is 5.56 Å². The number of phenolic OH excluding ortho intramolecular Hbond substituents is 2. The van der Waals surface area contributed by atoms with Crippen LogP contribution in [0.4, 0.5) is 0 Å². The Morgan fingerprint density at radius 2 is 1.85 bits per heavy atom. The minimum Gasteiger partial charge on any atom is -0.508 e. The summed E-state index contributed by atoms with van der Waals surface area (Å²) in [4.78, 5) is 0. The first-order chi connectivity index (χ1) is 9.65. The van der Waals surface area contributed by atoms with Gasteiger partial charge >= 0.3 is 0 Å². The number of aryl methyl sites for hydroxylation is 1. The fourth-order valence-corrected chi connectivity index (χ4v) is 2.21. The van der Waals surface area contributed by atoms with Crippen molar-refractivity contribution in [2.45, 2.75) is 6.92 Å². The summed E-state index contributed by atoms with van der Waals surface area (Å²) in [7, 11) is 0. The van der Waals surface area contributed by atoms with Crippen LogP contribution in [0.15, 0.2) is 54.7 Å². The average Bonchev–Trinajstić information content (AvgIpc) is 2.87. The summed E-state index contributed by atoms with van der Waals surface area (Å²) in [5.74, 6) is 0.0623. The van der Waals surface area contributed by atoms with E-state index in [1.54, 1.807) is 23.0 Å². The Morgan fingerprint density at radius 3 is 2.60 bits per heavy atom. The second kappa shape index (κ2) is 4.74. The smallest absolute Gasteiger partial charge is 0.128 e. The molecular weight excluding hydrogens is 252 g/mol. The van der Waals surface area contributed by atoms with E-state index in [1.807, 2.05) is 37.3 Å². The zero-order valence-electron chi connectivity index (χ0n) is 11.0. The summed E-state index contributed by atoms with van der Waals surface area (Å²) >= 11 is 0. The van der Waals surface area contributed by atoms with Gasteiger partial charge in [-0.05, 0) is 42.8 Å². The van der Waals surface area contributed by atoms with Gasteiger partial charge < -0.3 is 10.2 Å². The maximum atomic E-state index is 9.99. The molecular formula is C16H14N2O2. The largest absolute Gasteiger partial charge is 0.508 e. The second-order valence-corrected chi connectivity index (χ2v) is 4.67. The molecule has 1 aromatic heterocycles. The van der Waals surface area contributed by atoms with Crippen molar-refractivity contribution in [2.75, 3.05) is 0 Å². The van der Waals surface area contributed by atoms with Crippen LogP contribution in [0.2, 0.25) is 0 Å². The fourth-order valence-electron chi connectivity index (χ4n) is 2.21. The lowest BCUT2D eigenvalue weighted by molar-refractivity contribution is 0.451. The van der Waals surface area contributed by atoms with Gasteiger partial charge in [0.2, 0.25) is 0 Å². The molecule has 0 radical (unpaired) electrons. The van der Waals surface area contributed by atoms with Gasteiger partial charge in [0.15, 0.2) is 0 Å². The molecule has 0 aliphatic rings. The van der Waals surface area contributed by atoms with Gasteiger partial charge in [-0.25, -0.2) is 4.68 Å². The Balaban J connectivity index is 2.15. The highest BCUT2D eigenvalue weighted by Gasteiger charge is 2.11. The zero-order valence-corrected chi connectivity index (χ0v) is 11.0. The lowest BCUT2D eigenvalue weighted by Crippen LogP contribution is -1.99. The highest BCUT2D eigenvalue weighted by Crippen LogP contribution is 2.32. The third kappa shape index (κ3) is 2.12. The summed E-state index contributed by atoms with van der Waals surface area (Å²) in [5.41, 5.74) is 3.46. The highest BCUT2D eigenvalue weighted by atomic mass is 16.3. The van der Waals surface area contributed by atoms with Gasteiger partial charge in [0.1, 0.15) is 11.5 Å². The molecule has 2 aromatic carbocycles. The Hall–Kier alpha value is -2.75. The quantitative estimate of drug-likeness (QED) is 0.748. The number of phenols is 2. The molecule has 1 heterocycles. The van der Waals surface area contributed by atoms with Gasteiger partial charge in [0.05, 0.1) is 17.6 Å². The Morgan fingerprint density at radius 1 is 1.00 bits per heavy atom. The van der Waals surface area contributed by atoms with E-state index < -0.39 is 0 Å². The summed E-state index contributed by atoms with van der Waals surface area (Å²) in [5, 5.41) is 23.7. The standard InChI is InChI=1S/C16H14N2O2/c1-11-3-2-4-12(9-11)18-15(7-8-17-18)14-6-5-13(19)10-16(14)20/h2-10,19-20H,1H3. The Bertz CT molecular complexity index is 763. The number of hydrogen-bond donors (Lipinski definition) is 2. The van der Waals surface area contributed by atoms with Gasteiger partial charge in [0.25, 0.3) is 0 Å². The maximum absolute atomic E-state index is 9.99. The minimum atomic E-state index is 0.0272. The van der Waals surface area contributed by atoms with Gasteiger partial charge in [0, 0.05) is 11.6 Å². The van der Waals surface area contributed by atoms with Gasteiger partial charge in [-0.1, -0.05) is 12.1 Å². The number of aromatic nitrogens is 2. The third-order valence-electron chi connectivity index (χ3n) is 3.15. The summed E-state index contributed by atoms with van der Waals surface area (Å²) in [6, 6.07) is 14.3. The van der Waals surface area contributed by atoms with Crippen molar-refractivity contribution in [3.05, 3.63) is 60.3 Å². The van der Waals surface area contributed by atoms with Crippen molar-refractivity contribution in [1.82, 2.24) is 9.78 Å². The summed E-state index contributed by atoms with van der Waals surface area (Å²) < 4.78 is 1.76. The number of aromatic hydroxyl groups is 2. The van der Waals surface area contributed by atoms with Crippen molar-refractivity contribution in [3.8, 4) is 28.4 Å². The molecule has 20 heavy (non-hydrogen) atoms. The third-order valence-corrected chi connectivity index (χ3v) is 3.15. The zero-order chi connectivity index (χ0) is 14.1. The van der Waals surface area contributed by atoms with E-state index in [9.17, 15) is 10.2 Å². The summed E-state index contributed by atoms with van der Waals surface area (Å²) in [6.45, 7) is 2.02. The number of nitrogens with zero attached hydrogens (tertiary/aromatic N) is 2. The molecule has 0 amide bonds. The molecule has 0 atom stereocenters. The molecule has 0 spiro atoms. The van der Waals surface area contributed by atoms with E-state index in [0.717, 1.165) is 16.9 Å². The van der Waals surface area contributed by atoms with E-state index in [1.165, 1.54) is 6.07 Å². The van der Waals surface area contributed by atoms with Crippen LogP contribution in [0, 0.1) is 6.92 Å². The average molecular weight is 266 g/mol. The fraction of sp³-hybridized carbons (Fsp3) is 0.0625. The molecule has 0 saturated heterocycles. The number of rotatable bonds is 2. The predicted octanol–water partition coefficient (Wildman–Crippen LogP) is 3.26. The normalized spacial score (nSPS) is 10.7. The predicted molar refractivity (Wildman–Crippen MR) is 77.1 cm³/mol. The van der Waals surface area contributed by atoms with Crippen molar-refractivity contribution < 1.29 is 10.2 Å². The lowest BCUT2D eigenvalue weighted by atomic mass is 10.1. The molecule has 0 bridgehead atoms. The highest BCUT2D eigenvalue weighted by molar-refractivity contribution is 5.69. The summed E-state index contributed by atoms with van der Waals surface area (Å²) in [6.07, 6.45) is 1.68. The second-order valence-electron chi connectivity index (χ2n) is 4.67. The molecule has 0 fully saturated rings. The molecule has 0 aliphatic carbocycles. The van der Waals surface area contributed by atoms with E-state index in [-0.39, 0.29) is 11.5 Å². The van der Waals surface area contributed by atoms with E-state index >= 15 is 0 Å². The van der Waals surface area contributed by atoms with Crippen molar-refractivity contribution >= 4 is 0 Å². The maximum Gasteiger partial charge on any atom is 0.128 e. The molecule has 0 unspecified atom stereocenters. The number of benzene rings is 2. The van der Waals surface area contributed by atoms with Crippen LogP contribution in [-0.2, 0) is 0 Å². The van der Waals surface area contributed by atoms with Crippen LogP contribution in [-0.4, -0.2) is 20.0 Å². The van der Waals surface area contributed by atoms with Crippen molar-refractivity contribution in [3.63, 3.8) is 0 Å². The molecule has 4 nitrogen and oxygen atoms in total. The van der Waals surface area contributed by atoms with Crippen LogP contribution in [0.25, 0.3) is 16.9 Å².